The Morgan fingerprint density at radius 1 is 0.966 bits per heavy atom. The van der Waals surface area contributed by atoms with Crippen molar-refractivity contribution in [2.75, 3.05) is 26.2 Å². The number of carbonyl (C=O) groups excluding carboxylic acids is 1. The Morgan fingerprint density at radius 3 is 2.28 bits per heavy atom. The van der Waals surface area contributed by atoms with Crippen molar-refractivity contribution in [1.29, 1.82) is 0 Å². The molecule has 9 heteroatoms. The van der Waals surface area contributed by atoms with Gasteiger partial charge in [0.2, 0.25) is 15.9 Å². The van der Waals surface area contributed by atoms with Gasteiger partial charge >= 0.3 is 5.76 Å². The minimum absolute atomic E-state index is 0.205. The van der Waals surface area contributed by atoms with Gasteiger partial charge in [0.15, 0.2) is 5.58 Å². The highest BCUT2D eigenvalue weighted by Gasteiger charge is 2.32. The molecular formula is C20H21N3O5S. The summed E-state index contributed by atoms with van der Waals surface area (Å²) in [6, 6.07) is 14.4. The van der Waals surface area contributed by atoms with Crippen LogP contribution in [0.25, 0.3) is 11.1 Å². The third-order valence-electron chi connectivity index (χ3n) is 5.19. The Balaban J connectivity index is 1.49. The first-order chi connectivity index (χ1) is 13.9. The van der Waals surface area contributed by atoms with E-state index < -0.39 is 21.8 Å². The Bertz CT molecular complexity index is 1190. The first kappa shape index (κ1) is 19.4. The Labute approximate surface area is 168 Å². The Morgan fingerprint density at radius 2 is 1.59 bits per heavy atom. The van der Waals surface area contributed by atoms with E-state index in [1.165, 1.54) is 8.87 Å². The fourth-order valence-electron chi connectivity index (χ4n) is 3.62. The number of rotatable bonds is 4. The molecule has 1 fully saturated rings. The molecule has 0 saturated carbocycles. The van der Waals surface area contributed by atoms with Gasteiger partial charge in [-0.25, -0.2) is 13.2 Å². The van der Waals surface area contributed by atoms with Crippen molar-refractivity contribution in [2.24, 2.45) is 0 Å². The number of piperazine rings is 1. The summed E-state index contributed by atoms with van der Waals surface area (Å²) in [6.45, 7) is 2.59. The van der Waals surface area contributed by atoms with Crippen LogP contribution in [-0.2, 0) is 14.8 Å². The normalized spacial score (nSPS) is 16.8. The molecule has 0 N–H and O–H groups in total. The van der Waals surface area contributed by atoms with E-state index in [9.17, 15) is 18.0 Å². The van der Waals surface area contributed by atoms with E-state index in [4.69, 9.17) is 4.42 Å². The highest BCUT2D eigenvalue weighted by atomic mass is 32.2. The number of hydrogen-bond acceptors (Lipinski definition) is 5. The van der Waals surface area contributed by atoms with E-state index >= 15 is 0 Å². The number of amides is 1. The molecule has 1 aliphatic heterocycles. The smallest absolute Gasteiger partial charge is 0.408 e. The second-order valence-electron chi connectivity index (χ2n) is 6.92. The summed E-state index contributed by atoms with van der Waals surface area (Å²) in [5.41, 5.74) is 0.986. The van der Waals surface area contributed by atoms with Crippen LogP contribution in [0, 0.1) is 0 Å². The number of sulfonamides is 1. The van der Waals surface area contributed by atoms with Crippen molar-refractivity contribution in [3.8, 4) is 0 Å². The lowest BCUT2D eigenvalue weighted by Gasteiger charge is -2.35. The third-order valence-corrected chi connectivity index (χ3v) is 7.11. The number of carbonyl (C=O) groups is 1. The second kappa shape index (κ2) is 7.49. The average Bonchev–Trinajstić information content (AvgIpc) is 3.09. The number of nitrogens with zero attached hydrogens (tertiary/aromatic N) is 3. The summed E-state index contributed by atoms with van der Waals surface area (Å²) in [4.78, 5) is 27.1. The van der Waals surface area contributed by atoms with Crippen molar-refractivity contribution in [2.45, 2.75) is 17.9 Å². The SMILES string of the molecule is CC(C(=O)N1CCN(S(=O)(=O)c2ccccc2)CC1)n1c(=O)oc2ccccc21. The molecular weight excluding hydrogens is 394 g/mol. The van der Waals surface area contributed by atoms with Crippen molar-refractivity contribution in [3.05, 3.63) is 65.1 Å². The second-order valence-corrected chi connectivity index (χ2v) is 8.86. The first-order valence-corrected chi connectivity index (χ1v) is 10.8. The number of para-hydroxylation sites is 2. The standard InChI is InChI=1S/C20H21N3O5S/c1-15(23-17-9-5-6-10-18(17)28-20(23)25)19(24)21-11-13-22(14-12-21)29(26,27)16-7-3-2-4-8-16/h2-10,15H,11-14H2,1H3. The van der Waals surface area contributed by atoms with Gasteiger partial charge < -0.3 is 9.32 Å². The van der Waals surface area contributed by atoms with Crippen molar-refractivity contribution in [1.82, 2.24) is 13.8 Å². The number of benzene rings is 2. The van der Waals surface area contributed by atoms with Crippen LogP contribution in [0.4, 0.5) is 0 Å². The molecule has 1 unspecified atom stereocenters. The van der Waals surface area contributed by atoms with Crippen LogP contribution in [0.5, 0.6) is 0 Å². The van der Waals surface area contributed by atoms with Gasteiger partial charge in [0.25, 0.3) is 0 Å². The molecule has 29 heavy (non-hydrogen) atoms. The van der Waals surface area contributed by atoms with Crippen molar-refractivity contribution in [3.63, 3.8) is 0 Å². The summed E-state index contributed by atoms with van der Waals surface area (Å²) in [7, 11) is -3.58. The van der Waals surface area contributed by atoms with Gasteiger partial charge in [-0.3, -0.25) is 9.36 Å². The van der Waals surface area contributed by atoms with Gasteiger partial charge in [-0.1, -0.05) is 30.3 Å². The van der Waals surface area contributed by atoms with Crippen LogP contribution < -0.4 is 5.76 Å². The molecule has 2 heterocycles. The van der Waals surface area contributed by atoms with E-state index in [1.54, 1.807) is 66.4 Å². The largest absolute Gasteiger partial charge is 0.420 e. The maximum absolute atomic E-state index is 13.0. The van der Waals surface area contributed by atoms with E-state index in [-0.39, 0.29) is 37.0 Å². The molecule has 3 aromatic rings. The van der Waals surface area contributed by atoms with E-state index in [0.29, 0.717) is 11.1 Å². The minimum atomic E-state index is -3.58. The summed E-state index contributed by atoms with van der Waals surface area (Å²) < 4.78 is 33.4. The molecule has 1 atom stereocenters. The fourth-order valence-corrected chi connectivity index (χ4v) is 5.06. The summed E-state index contributed by atoms with van der Waals surface area (Å²) in [5.74, 6) is -0.826. The van der Waals surface area contributed by atoms with Crippen LogP contribution >= 0.6 is 0 Å². The van der Waals surface area contributed by atoms with Gasteiger partial charge in [-0.2, -0.15) is 4.31 Å². The average molecular weight is 415 g/mol. The predicted molar refractivity (Wildman–Crippen MR) is 107 cm³/mol. The molecule has 152 valence electrons. The molecule has 1 aromatic heterocycles. The van der Waals surface area contributed by atoms with Gasteiger partial charge in [-0.15, -0.1) is 0 Å². The zero-order valence-corrected chi connectivity index (χ0v) is 16.7. The van der Waals surface area contributed by atoms with Crippen LogP contribution in [0.15, 0.2) is 68.7 Å². The number of hydrogen-bond donors (Lipinski definition) is 0. The highest BCUT2D eigenvalue weighted by Crippen LogP contribution is 2.21. The molecule has 0 spiro atoms. The molecule has 4 rings (SSSR count). The molecule has 1 aliphatic rings. The Hall–Kier alpha value is -2.91. The lowest BCUT2D eigenvalue weighted by atomic mass is 10.2. The topological polar surface area (TPSA) is 92.8 Å². The van der Waals surface area contributed by atoms with Crippen LogP contribution in [0.3, 0.4) is 0 Å². The monoisotopic (exact) mass is 415 g/mol. The quantitative estimate of drug-likeness (QED) is 0.647. The lowest BCUT2D eigenvalue weighted by Crippen LogP contribution is -2.52. The van der Waals surface area contributed by atoms with Crippen LogP contribution in [0.1, 0.15) is 13.0 Å². The van der Waals surface area contributed by atoms with Gasteiger partial charge in [0, 0.05) is 26.2 Å². The fraction of sp³-hybridized carbons (Fsp3) is 0.300. The number of fused-ring (bicyclic) bond motifs is 1. The first-order valence-electron chi connectivity index (χ1n) is 9.33. The number of oxazole rings is 1. The summed E-state index contributed by atoms with van der Waals surface area (Å²) in [5, 5.41) is 0. The van der Waals surface area contributed by atoms with Gasteiger partial charge in [0.05, 0.1) is 10.4 Å². The molecule has 0 aliphatic carbocycles. The summed E-state index contributed by atoms with van der Waals surface area (Å²) in [6.07, 6.45) is 0. The highest BCUT2D eigenvalue weighted by molar-refractivity contribution is 7.89. The van der Waals surface area contributed by atoms with Crippen molar-refractivity contribution >= 4 is 27.0 Å². The lowest BCUT2D eigenvalue weighted by molar-refractivity contribution is -0.135. The molecule has 1 amide bonds. The maximum atomic E-state index is 13.0. The number of aromatic nitrogens is 1. The molecule has 8 nitrogen and oxygen atoms in total. The van der Waals surface area contributed by atoms with Crippen LogP contribution in [-0.4, -0.2) is 54.3 Å². The zero-order chi connectivity index (χ0) is 20.6. The predicted octanol–water partition coefficient (Wildman–Crippen LogP) is 1.69. The van der Waals surface area contributed by atoms with Gasteiger partial charge in [0.1, 0.15) is 6.04 Å². The van der Waals surface area contributed by atoms with Gasteiger partial charge in [-0.05, 0) is 31.2 Å². The third kappa shape index (κ3) is 3.47. The zero-order valence-electron chi connectivity index (χ0n) is 15.9. The molecule has 0 bridgehead atoms. The van der Waals surface area contributed by atoms with E-state index in [2.05, 4.69) is 0 Å². The van der Waals surface area contributed by atoms with Crippen LogP contribution in [0.2, 0.25) is 0 Å². The maximum Gasteiger partial charge on any atom is 0.420 e. The van der Waals surface area contributed by atoms with E-state index in [0.717, 1.165) is 0 Å². The minimum Gasteiger partial charge on any atom is -0.408 e. The molecule has 0 radical (unpaired) electrons. The van der Waals surface area contributed by atoms with E-state index in [1.807, 2.05) is 0 Å². The molecule has 1 saturated heterocycles. The molecule has 2 aromatic carbocycles. The van der Waals surface area contributed by atoms with Crippen molar-refractivity contribution < 1.29 is 17.6 Å². The summed E-state index contributed by atoms with van der Waals surface area (Å²) >= 11 is 0. The Kier molecular flexibility index (Phi) is 5.01.